The molecule has 0 unspecified atom stereocenters. The summed E-state index contributed by atoms with van der Waals surface area (Å²) in [7, 11) is 0. The molecule has 2 aromatic heterocycles. The van der Waals surface area contributed by atoms with E-state index in [0.717, 1.165) is 24.4 Å². The van der Waals surface area contributed by atoms with E-state index in [2.05, 4.69) is 26.4 Å². The molecule has 1 aliphatic rings. The number of aryl methyl sites for hydroxylation is 3. The van der Waals surface area contributed by atoms with E-state index in [9.17, 15) is 4.39 Å². The molecule has 8 heteroatoms. The van der Waals surface area contributed by atoms with Gasteiger partial charge in [0.1, 0.15) is 0 Å². The van der Waals surface area contributed by atoms with Gasteiger partial charge in [0.05, 0.1) is 25.1 Å². The minimum absolute atomic E-state index is 0.342. The molecule has 0 atom stereocenters. The van der Waals surface area contributed by atoms with E-state index in [1.54, 1.807) is 0 Å². The quantitative estimate of drug-likeness (QED) is 0.812. The summed E-state index contributed by atoms with van der Waals surface area (Å²) in [6.45, 7) is 8.03. The lowest BCUT2D eigenvalue weighted by Gasteiger charge is -2.28. The van der Waals surface area contributed by atoms with Gasteiger partial charge in [0, 0.05) is 31.9 Å². The summed E-state index contributed by atoms with van der Waals surface area (Å²) in [6, 6.07) is 2.06. The smallest absolute Gasteiger partial charge is 0.224 e. The minimum Gasteiger partial charge on any atom is -0.378 e. The van der Waals surface area contributed by atoms with Gasteiger partial charge in [0.15, 0.2) is 11.6 Å². The van der Waals surface area contributed by atoms with Crippen LogP contribution in [0.1, 0.15) is 17.8 Å². The van der Waals surface area contributed by atoms with E-state index in [1.165, 1.54) is 6.20 Å². The molecule has 7 nitrogen and oxygen atoms in total. The third-order valence-corrected chi connectivity index (χ3v) is 3.97. The van der Waals surface area contributed by atoms with Gasteiger partial charge < -0.3 is 15.0 Å². The van der Waals surface area contributed by atoms with Crippen molar-refractivity contribution in [1.29, 1.82) is 0 Å². The maximum atomic E-state index is 14.0. The van der Waals surface area contributed by atoms with E-state index in [1.807, 2.05) is 23.4 Å². The molecule has 3 rings (SSSR count). The molecule has 0 radical (unpaired) electrons. The van der Waals surface area contributed by atoms with Crippen molar-refractivity contribution in [1.82, 2.24) is 19.7 Å². The van der Waals surface area contributed by atoms with Crippen molar-refractivity contribution in [2.45, 2.75) is 26.8 Å². The second kappa shape index (κ2) is 7.57. The first-order chi connectivity index (χ1) is 11.6. The Balaban J connectivity index is 1.54. The first kappa shape index (κ1) is 16.6. The molecule has 1 fully saturated rings. The van der Waals surface area contributed by atoms with Gasteiger partial charge in [-0.1, -0.05) is 0 Å². The highest BCUT2D eigenvalue weighted by atomic mass is 19.1. The Bertz CT molecular complexity index is 683. The molecule has 1 N–H and O–H groups in total. The van der Waals surface area contributed by atoms with Gasteiger partial charge in [-0.3, -0.25) is 4.68 Å². The summed E-state index contributed by atoms with van der Waals surface area (Å²) in [4.78, 5) is 10.2. The molecule has 1 saturated heterocycles. The fraction of sp³-hybridized carbons (Fsp3) is 0.562. The minimum atomic E-state index is -0.398. The van der Waals surface area contributed by atoms with Crippen LogP contribution in [0.2, 0.25) is 0 Å². The summed E-state index contributed by atoms with van der Waals surface area (Å²) in [6.07, 6.45) is 2.11. The molecule has 0 spiro atoms. The van der Waals surface area contributed by atoms with Crippen molar-refractivity contribution >= 4 is 11.8 Å². The predicted molar refractivity (Wildman–Crippen MR) is 89.8 cm³/mol. The van der Waals surface area contributed by atoms with E-state index in [-0.39, 0.29) is 0 Å². The number of hydrogen-bond acceptors (Lipinski definition) is 6. The first-order valence-corrected chi connectivity index (χ1v) is 8.23. The Morgan fingerprint density at radius 2 is 2.08 bits per heavy atom. The zero-order valence-corrected chi connectivity index (χ0v) is 14.1. The Kier molecular flexibility index (Phi) is 5.24. The Labute approximate surface area is 140 Å². The third kappa shape index (κ3) is 4.00. The maximum absolute atomic E-state index is 14.0. The van der Waals surface area contributed by atoms with Gasteiger partial charge in [-0.25, -0.2) is 9.37 Å². The van der Waals surface area contributed by atoms with E-state index in [4.69, 9.17) is 4.74 Å². The third-order valence-electron chi connectivity index (χ3n) is 3.97. The Morgan fingerprint density at radius 3 is 2.79 bits per heavy atom. The zero-order chi connectivity index (χ0) is 16.9. The standard InChI is InChI=1S/C16H23FN6O/c1-12-10-13(2)23(21-12)5-3-4-18-16-19-11-14(17)15(20-16)22-6-8-24-9-7-22/h10-11H,3-9H2,1-2H3,(H,18,19,20). The maximum Gasteiger partial charge on any atom is 0.224 e. The fourth-order valence-electron chi connectivity index (χ4n) is 2.77. The number of hydrogen-bond donors (Lipinski definition) is 1. The number of aromatic nitrogens is 4. The van der Waals surface area contributed by atoms with Crippen molar-refractivity contribution in [3.8, 4) is 0 Å². The molecule has 0 saturated carbocycles. The van der Waals surface area contributed by atoms with Gasteiger partial charge in [-0.2, -0.15) is 10.1 Å². The van der Waals surface area contributed by atoms with Crippen LogP contribution < -0.4 is 10.2 Å². The number of nitrogens with one attached hydrogen (secondary N) is 1. The van der Waals surface area contributed by atoms with Crippen LogP contribution in [0, 0.1) is 19.7 Å². The average Bonchev–Trinajstić information content (AvgIpc) is 2.91. The molecular formula is C16H23FN6O. The molecule has 2 aromatic rings. The second-order valence-corrected chi connectivity index (χ2v) is 5.90. The van der Waals surface area contributed by atoms with Crippen molar-refractivity contribution in [3.05, 3.63) is 29.5 Å². The predicted octanol–water partition coefficient (Wildman–Crippen LogP) is 1.77. The van der Waals surface area contributed by atoms with Crippen LogP contribution in [0.4, 0.5) is 16.2 Å². The van der Waals surface area contributed by atoms with Crippen molar-refractivity contribution in [2.24, 2.45) is 0 Å². The number of halogens is 1. The molecule has 3 heterocycles. The van der Waals surface area contributed by atoms with Gasteiger partial charge in [-0.05, 0) is 26.3 Å². The average molecular weight is 334 g/mol. The van der Waals surface area contributed by atoms with Crippen molar-refractivity contribution in [3.63, 3.8) is 0 Å². The topological polar surface area (TPSA) is 68.1 Å². The number of rotatable bonds is 6. The highest BCUT2D eigenvalue weighted by Crippen LogP contribution is 2.18. The van der Waals surface area contributed by atoms with Crippen LogP contribution in [0.5, 0.6) is 0 Å². The van der Waals surface area contributed by atoms with Crippen LogP contribution in [0.25, 0.3) is 0 Å². The molecule has 1 aliphatic heterocycles. The summed E-state index contributed by atoms with van der Waals surface area (Å²) < 4.78 is 21.2. The zero-order valence-electron chi connectivity index (χ0n) is 14.1. The van der Waals surface area contributed by atoms with Crippen LogP contribution in [-0.2, 0) is 11.3 Å². The molecule has 130 valence electrons. The van der Waals surface area contributed by atoms with E-state index >= 15 is 0 Å². The number of ether oxygens (including phenoxy) is 1. The Morgan fingerprint density at radius 1 is 1.29 bits per heavy atom. The van der Waals surface area contributed by atoms with Crippen molar-refractivity contribution in [2.75, 3.05) is 43.1 Å². The number of anilines is 2. The first-order valence-electron chi connectivity index (χ1n) is 8.23. The van der Waals surface area contributed by atoms with Gasteiger partial charge >= 0.3 is 0 Å². The SMILES string of the molecule is Cc1cc(C)n(CCCNc2ncc(F)c(N3CCOCC3)n2)n1. The number of nitrogens with zero attached hydrogens (tertiary/aromatic N) is 5. The van der Waals surface area contributed by atoms with E-state index < -0.39 is 5.82 Å². The summed E-state index contributed by atoms with van der Waals surface area (Å²) in [5, 5.41) is 7.59. The molecular weight excluding hydrogens is 311 g/mol. The molecule has 0 aromatic carbocycles. The molecule has 0 amide bonds. The monoisotopic (exact) mass is 334 g/mol. The Hall–Kier alpha value is -2.22. The largest absolute Gasteiger partial charge is 0.378 e. The fourth-order valence-corrected chi connectivity index (χ4v) is 2.77. The van der Waals surface area contributed by atoms with Crippen LogP contribution in [0.15, 0.2) is 12.3 Å². The highest BCUT2D eigenvalue weighted by Gasteiger charge is 2.17. The van der Waals surface area contributed by atoms with Crippen LogP contribution in [-0.4, -0.2) is 52.6 Å². The van der Waals surface area contributed by atoms with Crippen LogP contribution in [0.3, 0.4) is 0 Å². The normalized spacial score (nSPS) is 14.9. The van der Waals surface area contributed by atoms with E-state index in [0.29, 0.717) is 44.6 Å². The van der Waals surface area contributed by atoms with Gasteiger partial charge in [-0.15, -0.1) is 0 Å². The summed E-state index contributed by atoms with van der Waals surface area (Å²) in [5.41, 5.74) is 2.18. The molecule has 0 aliphatic carbocycles. The lowest BCUT2D eigenvalue weighted by atomic mass is 10.4. The summed E-state index contributed by atoms with van der Waals surface area (Å²) in [5.74, 6) is 0.394. The van der Waals surface area contributed by atoms with Gasteiger partial charge in [0.25, 0.3) is 0 Å². The second-order valence-electron chi connectivity index (χ2n) is 5.90. The molecule has 0 bridgehead atoms. The lowest BCUT2D eigenvalue weighted by molar-refractivity contribution is 0.122. The van der Waals surface area contributed by atoms with Crippen molar-refractivity contribution < 1.29 is 9.13 Å². The summed E-state index contributed by atoms with van der Waals surface area (Å²) >= 11 is 0. The lowest BCUT2D eigenvalue weighted by Crippen LogP contribution is -2.37. The number of morpholine rings is 1. The molecule has 24 heavy (non-hydrogen) atoms. The van der Waals surface area contributed by atoms with Gasteiger partial charge in [0.2, 0.25) is 5.95 Å². The highest BCUT2D eigenvalue weighted by molar-refractivity contribution is 5.44. The van der Waals surface area contributed by atoms with Crippen LogP contribution >= 0.6 is 0 Å².